The molecule has 0 saturated carbocycles. The van der Waals surface area contributed by atoms with Gasteiger partial charge in [-0.3, -0.25) is 33.6 Å². The van der Waals surface area contributed by atoms with Crippen LogP contribution in [0.3, 0.4) is 0 Å². The van der Waals surface area contributed by atoms with Crippen molar-refractivity contribution in [1.82, 2.24) is 52.5 Å². The molecule has 9 N–H and O–H groups in total. The molecule has 26 heteroatoms. The van der Waals surface area contributed by atoms with Crippen molar-refractivity contribution < 1.29 is 66.4 Å². The number of nitrogens with zero attached hydrogens (tertiary/aromatic N) is 3. The molecule has 5 rings (SSSR count). The Labute approximate surface area is 548 Å². The third-order valence-electron chi connectivity index (χ3n) is 14.0. The van der Waals surface area contributed by atoms with Crippen LogP contribution in [0.2, 0.25) is 5.02 Å². The Balaban J connectivity index is 1.56. The number of aryl methyl sites for hydroxylation is 1. The lowest BCUT2D eigenvalue weighted by molar-refractivity contribution is -0.164. The van der Waals surface area contributed by atoms with Crippen molar-refractivity contribution in [3.05, 3.63) is 148 Å². The molecule has 24 nitrogen and oxygen atoms in total. The number of aromatic amines is 1. The van der Waals surface area contributed by atoms with Crippen LogP contribution < -0.4 is 37.6 Å². The number of ether oxygens (including phenoxy) is 5. The van der Waals surface area contributed by atoms with Crippen LogP contribution in [0, 0.1) is 12.7 Å². The number of esters is 2. The van der Waals surface area contributed by atoms with Crippen LogP contribution in [0.25, 0.3) is 0 Å². The first-order valence-electron chi connectivity index (χ1n) is 30.5. The molecule has 1 heterocycles. The van der Waals surface area contributed by atoms with Gasteiger partial charge in [-0.1, -0.05) is 113 Å². The lowest BCUT2D eigenvalue weighted by Gasteiger charge is -2.37. The summed E-state index contributed by atoms with van der Waals surface area (Å²) in [5, 5.41) is 29.2. The Morgan fingerprint density at radius 3 is 1.74 bits per heavy atom. The number of nitrogens with two attached hydrogens (primary N) is 1. The summed E-state index contributed by atoms with van der Waals surface area (Å²) < 4.78 is 46.8. The van der Waals surface area contributed by atoms with Gasteiger partial charge in [0.05, 0.1) is 54.6 Å². The Hall–Kier alpha value is -8.23. The molecule has 0 spiro atoms. The predicted molar refractivity (Wildman–Crippen MR) is 345 cm³/mol. The van der Waals surface area contributed by atoms with Crippen LogP contribution in [0.1, 0.15) is 144 Å². The van der Waals surface area contributed by atoms with E-state index in [1.165, 1.54) is 39.0 Å². The molecule has 0 bridgehead atoms. The number of amides is 6. The van der Waals surface area contributed by atoms with Gasteiger partial charge in [0.1, 0.15) is 41.1 Å². The summed E-state index contributed by atoms with van der Waals surface area (Å²) in [5.41, 5.74) is 0.242. The second-order valence-electron chi connectivity index (χ2n) is 27.0. The number of carbonyl (C=O) groups is 8. The first-order valence-corrected chi connectivity index (χ1v) is 30.9. The van der Waals surface area contributed by atoms with Crippen molar-refractivity contribution in [3.8, 4) is 0 Å². The fourth-order valence-corrected chi connectivity index (χ4v) is 10.1. The minimum atomic E-state index is -2.20. The Morgan fingerprint density at radius 1 is 0.624 bits per heavy atom. The van der Waals surface area contributed by atoms with E-state index in [2.05, 4.69) is 52.5 Å². The highest BCUT2D eigenvalue weighted by atomic mass is 35.5. The number of hydrogen-bond donors (Lipinski definition) is 8. The standard InChI is InChI=1S/C67H91ClFN11O13/c1-39-30-32-44(33-31-39)67(43-25-18-17-19-26-43,45-27-21-22-28-46(45)68)93-60(87)49(35-53(82)92-65(13,14)15)72-57(84)50(38-89-62(4,5)6)73-58(85)54(40(2)90-63(7,8)9)75-61(88)66(16,36-42-24-20-23-29-47(42)69)76-59(86)55(41(3)91-64(10,11)12)74-52(81)37-71-56(83)48(70)34-51-77-79-80-78-51/h17-33,40-41,48-50,54-55H,34-38,70H2,1-16H3,(H,71,83)(H,72,84)(H,73,85)(H,74,81)(H,75,88)(H,76,86)(H,77,78,79,80)/t40-,41-,48+,49+,50+,54+,55+,66+,67?/m1/s1. The van der Waals surface area contributed by atoms with E-state index in [1.807, 2.05) is 19.1 Å². The molecule has 1 aromatic heterocycles. The van der Waals surface area contributed by atoms with E-state index in [0.29, 0.717) is 16.7 Å². The number of halogens is 2. The molecule has 0 fully saturated rings. The highest BCUT2D eigenvalue weighted by Gasteiger charge is 2.47. The largest absolute Gasteiger partial charge is 0.460 e. The third-order valence-corrected chi connectivity index (χ3v) is 14.3. The van der Waals surface area contributed by atoms with Gasteiger partial charge >= 0.3 is 11.9 Å². The number of aromatic nitrogens is 4. The van der Waals surface area contributed by atoms with Crippen LogP contribution >= 0.6 is 11.6 Å². The highest BCUT2D eigenvalue weighted by Crippen LogP contribution is 2.44. The van der Waals surface area contributed by atoms with Crippen LogP contribution in [0.5, 0.6) is 0 Å². The van der Waals surface area contributed by atoms with Crippen molar-refractivity contribution >= 4 is 59.0 Å². The summed E-state index contributed by atoms with van der Waals surface area (Å²) in [6.45, 7) is 25.1. The number of benzene rings is 4. The topological polar surface area (TPSA) is 335 Å². The van der Waals surface area contributed by atoms with E-state index >= 15 is 23.6 Å². The molecule has 506 valence electrons. The molecule has 0 radical (unpaired) electrons. The molecule has 4 aromatic carbocycles. The number of tetrazole rings is 1. The quantitative estimate of drug-likeness (QED) is 0.0206. The van der Waals surface area contributed by atoms with E-state index in [4.69, 9.17) is 41.0 Å². The summed E-state index contributed by atoms with van der Waals surface area (Å²) in [7, 11) is 0. The average Bonchev–Trinajstić information content (AvgIpc) is 1.03. The Morgan fingerprint density at radius 2 is 1.18 bits per heavy atom. The molecular weight excluding hydrogens is 1220 g/mol. The number of hydrogen-bond acceptors (Lipinski definition) is 17. The van der Waals surface area contributed by atoms with Gasteiger partial charge in [0.25, 0.3) is 0 Å². The summed E-state index contributed by atoms with van der Waals surface area (Å²) in [5.74, 6) is -8.39. The second kappa shape index (κ2) is 32.1. The SMILES string of the molecule is Cc1ccc(C(OC(=O)[C@H](CC(=O)OC(C)(C)C)NC(=O)[C@H](COC(C)(C)C)NC(=O)[C@@H](NC(=O)[C@](C)(Cc2ccccc2F)NC(=O)[C@@H](NC(=O)CNC(=O)[C@@H](N)Cc2nn[nH]n2)[C@@H](C)OC(C)(C)C)[C@@H](C)OC(C)(C)C)(c2ccccc2)c2ccccc2Cl)cc1. The number of rotatable bonds is 29. The molecule has 1 unspecified atom stereocenters. The maximum Gasteiger partial charge on any atom is 0.330 e. The van der Waals surface area contributed by atoms with Crippen molar-refractivity contribution in [2.45, 2.75) is 206 Å². The predicted octanol–water partition coefficient (Wildman–Crippen LogP) is 5.83. The molecule has 9 atom stereocenters. The fourth-order valence-electron chi connectivity index (χ4n) is 9.85. The normalized spacial score (nSPS) is 15.6. The lowest BCUT2D eigenvalue weighted by atomic mass is 9.79. The molecule has 6 amide bonds. The van der Waals surface area contributed by atoms with E-state index in [0.717, 1.165) is 11.6 Å². The van der Waals surface area contributed by atoms with Gasteiger partial charge in [0, 0.05) is 34.6 Å². The summed E-state index contributed by atoms with van der Waals surface area (Å²) in [4.78, 5) is 117. The maximum atomic E-state index is 15.8. The first kappa shape index (κ1) is 75.5. The van der Waals surface area contributed by atoms with Gasteiger partial charge in [-0.2, -0.15) is 5.21 Å². The second-order valence-corrected chi connectivity index (χ2v) is 27.4. The van der Waals surface area contributed by atoms with Gasteiger partial charge in [0.2, 0.25) is 35.4 Å². The van der Waals surface area contributed by atoms with Crippen molar-refractivity contribution in [1.29, 1.82) is 0 Å². The minimum absolute atomic E-state index is 0.0443. The van der Waals surface area contributed by atoms with E-state index in [9.17, 15) is 19.2 Å². The molecular formula is C67H91ClFN11O13. The monoisotopic (exact) mass is 1310 g/mol. The first-order chi connectivity index (χ1) is 43.2. The summed E-state index contributed by atoms with van der Waals surface area (Å²) in [6.07, 6.45) is -3.81. The number of nitrogens with one attached hydrogen (secondary N) is 7. The highest BCUT2D eigenvalue weighted by molar-refractivity contribution is 6.31. The lowest BCUT2D eigenvalue weighted by Crippen LogP contribution is -2.67. The van der Waals surface area contributed by atoms with Crippen LogP contribution in [-0.4, -0.2) is 152 Å². The van der Waals surface area contributed by atoms with E-state index in [-0.39, 0.29) is 22.8 Å². The van der Waals surface area contributed by atoms with Crippen molar-refractivity contribution in [2.75, 3.05) is 13.2 Å². The zero-order valence-corrected chi connectivity index (χ0v) is 56.6. The van der Waals surface area contributed by atoms with Crippen LogP contribution in [-0.2, 0) is 80.5 Å². The molecule has 5 aromatic rings. The average molecular weight is 1310 g/mol. The zero-order chi connectivity index (χ0) is 69.4. The van der Waals surface area contributed by atoms with Crippen molar-refractivity contribution in [2.24, 2.45) is 5.73 Å². The van der Waals surface area contributed by atoms with E-state index < -0.39 is 155 Å². The van der Waals surface area contributed by atoms with E-state index in [1.54, 1.807) is 150 Å². The number of H-pyrrole nitrogens is 1. The molecule has 93 heavy (non-hydrogen) atoms. The van der Waals surface area contributed by atoms with Gasteiger partial charge in [0.15, 0.2) is 11.4 Å². The maximum absolute atomic E-state index is 15.8. The number of carbonyl (C=O) groups excluding carboxylic acids is 8. The van der Waals surface area contributed by atoms with Gasteiger partial charge in [-0.25, -0.2) is 9.18 Å². The Kier molecular flexibility index (Phi) is 26.0. The molecule has 0 aliphatic carbocycles. The van der Waals surface area contributed by atoms with Gasteiger partial charge in [-0.15, -0.1) is 10.2 Å². The van der Waals surface area contributed by atoms with Gasteiger partial charge < -0.3 is 61.3 Å². The molecule has 0 aliphatic heterocycles. The minimum Gasteiger partial charge on any atom is -0.460 e. The zero-order valence-electron chi connectivity index (χ0n) is 55.9. The van der Waals surface area contributed by atoms with Crippen molar-refractivity contribution in [3.63, 3.8) is 0 Å². The van der Waals surface area contributed by atoms with Crippen LogP contribution in [0.15, 0.2) is 103 Å². The smallest absolute Gasteiger partial charge is 0.330 e. The molecule has 0 saturated heterocycles. The third kappa shape index (κ3) is 23.1. The van der Waals surface area contributed by atoms with Crippen LogP contribution in [0.4, 0.5) is 4.39 Å². The summed E-state index contributed by atoms with van der Waals surface area (Å²) >= 11 is 7.01. The van der Waals surface area contributed by atoms with Gasteiger partial charge in [-0.05, 0) is 128 Å². The Bertz CT molecular complexity index is 3370. The molecule has 0 aliphatic rings. The summed E-state index contributed by atoms with van der Waals surface area (Å²) in [6, 6.07) is 20.2. The fraction of sp³-hybridized carbons (Fsp3) is 0.507.